The summed E-state index contributed by atoms with van der Waals surface area (Å²) in [5.74, 6) is 1.31. The van der Waals surface area contributed by atoms with Crippen molar-refractivity contribution >= 4 is 17.0 Å². The molecule has 5 nitrogen and oxygen atoms in total. The fourth-order valence-electron chi connectivity index (χ4n) is 2.61. The second-order valence-corrected chi connectivity index (χ2v) is 5.42. The van der Waals surface area contributed by atoms with Crippen LogP contribution in [-0.2, 0) is 0 Å². The molecule has 0 saturated carbocycles. The van der Waals surface area contributed by atoms with E-state index >= 15 is 0 Å². The van der Waals surface area contributed by atoms with Gasteiger partial charge in [0.2, 0.25) is 0 Å². The number of aryl methyl sites for hydroxylation is 1. The summed E-state index contributed by atoms with van der Waals surface area (Å²) in [5, 5.41) is 0. The first-order chi connectivity index (χ1) is 11.2. The number of rotatable bonds is 2. The van der Waals surface area contributed by atoms with Crippen LogP contribution in [0, 0.1) is 6.92 Å². The highest BCUT2D eigenvalue weighted by Crippen LogP contribution is 2.28. The predicted molar refractivity (Wildman–Crippen MR) is 91.2 cm³/mol. The fraction of sp³-hybridized carbons (Fsp3) is 0.0556. The van der Waals surface area contributed by atoms with Crippen LogP contribution >= 0.6 is 0 Å². The molecule has 0 saturated heterocycles. The van der Waals surface area contributed by atoms with Gasteiger partial charge in [-0.1, -0.05) is 29.8 Å². The molecule has 0 fully saturated rings. The van der Waals surface area contributed by atoms with Crippen molar-refractivity contribution < 1.29 is 0 Å². The smallest absolute Gasteiger partial charge is 0.167 e. The molecular formula is C18H15N5. The first-order valence-electron chi connectivity index (χ1n) is 7.35. The third-order valence-corrected chi connectivity index (χ3v) is 3.76. The lowest BCUT2D eigenvalue weighted by Crippen LogP contribution is -2.00. The van der Waals surface area contributed by atoms with Crippen molar-refractivity contribution in [3.05, 3.63) is 66.5 Å². The van der Waals surface area contributed by atoms with E-state index in [0.717, 1.165) is 28.2 Å². The van der Waals surface area contributed by atoms with E-state index in [1.54, 1.807) is 18.5 Å². The molecule has 3 aromatic heterocycles. The summed E-state index contributed by atoms with van der Waals surface area (Å²) in [5.41, 5.74) is 10.6. The molecule has 4 rings (SSSR count). The van der Waals surface area contributed by atoms with Crippen LogP contribution < -0.4 is 5.73 Å². The normalized spacial score (nSPS) is 11.0. The molecule has 0 aliphatic rings. The molecule has 0 radical (unpaired) electrons. The summed E-state index contributed by atoms with van der Waals surface area (Å²) in [6, 6.07) is 15.8. The van der Waals surface area contributed by atoms with E-state index in [4.69, 9.17) is 10.7 Å². The summed E-state index contributed by atoms with van der Waals surface area (Å²) in [6.07, 6.45) is 3.51. The average Bonchev–Trinajstić information content (AvgIpc) is 2.95. The second-order valence-electron chi connectivity index (χ2n) is 5.42. The molecule has 112 valence electrons. The Kier molecular flexibility index (Phi) is 3.05. The highest BCUT2D eigenvalue weighted by molar-refractivity contribution is 5.81. The van der Waals surface area contributed by atoms with Gasteiger partial charge in [0.1, 0.15) is 17.2 Å². The molecule has 2 N–H and O–H groups in total. The number of nitrogen functional groups attached to an aromatic ring is 1. The van der Waals surface area contributed by atoms with E-state index in [1.807, 2.05) is 22.8 Å². The Morgan fingerprint density at radius 1 is 0.870 bits per heavy atom. The van der Waals surface area contributed by atoms with Gasteiger partial charge in [-0.15, -0.1) is 0 Å². The third kappa shape index (κ3) is 2.32. The molecule has 0 spiro atoms. The minimum atomic E-state index is 0.475. The van der Waals surface area contributed by atoms with Crippen molar-refractivity contribution in [2.24, 2.45) is 0 Å². The first kappa shape index (κ1) is 13.5. The van der Waals surface area contributed by atoms with Crippen molar-refractivity contribution in [2.45, 2.75) is 6.92 Å². The minimum Gasteiger partial charge on any atom is -0.384 e. The van der Waals surface area contributed by atoms with Gasteiger partial charge in [-0.05, 0) is 31.2 Å². The lowest BCUT2D eigenvalue weighted by atomic mass is 10.1. The van der Waals surface area contributed by atoms with Gasteiger partial charge in [-0.2, -0.15) is 0 Å². The number of benzene rings is 1. The van der Waals surface area contributed by atoms with Crippen molar-refractivity contribution in [1.29, 1.82) is 0 Å². The third-order valence-electron chi connectivity index (χ3n) is 3.76. The largest absolute Gasteiger partial charge is 0.384 e. The molecule has 0 atom stereocenters. The SMILES string of the molecule is Cc1ccc(-c2nc3ccc(N)nc3n2-c2ccncc2)cc1. The molecule has 23 heavy (non-hydrogen) atoms. The molecular weight excluding hydrogens is 286 g/mol. The fourth-order valence-corrected chi connectivity index (χ4v) is 2.61. The van der Waals surface area contributed by atoms with Crippen LogP contribution in [0.1, 0.15) is 5.56 Å². The van der Waals surface area contributed by atoms with Crippen LogP contribution in [0.25, 0.3) is 28.2 Å². The van der Waals surface area contributed by atoms with E-state index in [0.29, 0.717) is 5.82 Å². The summed E-state index contributed by atoms with van der Waals surface area (Å²) in [4.78, 5) is 13.3. The van der Waals surface area contributed by atoms with Gasteiger partial charge in [0.15, 0.2) is 5.65 Å². The quantitative estimate of drug-likeness (QED) is 0.616. The molecule has 3 heterocycles. The highest BCUT2D eigenvalue weighted by Gasteiger charge is 2.15. The molecule has 0 unspecified atom stereocenters. The van der Waals surface area contributed by atoms with Crippen LogP contribution in [0.15, 0.2) is 60.9 Å². The maximum absolute atomic E-state index is 5.87. The van der Waals surface area contributed by atoms with Crippen molar-refractivity contribution in [1.82, 2.24) is 19.5 Å². The Morgan fingerprint density at radius 3 is 2.35 bits per heavy atom. The van der Waals surface area contributed by atoms with Gasteiger partial charge in [0.25, 0.3) is 0 Å². The maximum atomic E-state index is 5.87. The topological polar surface area (TPSA) is 69.6 Å². The first-order valence-corrected chi connectivity index (χ1v) is 7.35. The highest BCUT2D eigenvalue weighted by atomic mass is 15.1. The number of hydrogen-bond donors (Lipinski definition) is 1. The summed E-state index contributed by atoms with van der Waals surface area (Å²) in [6.45, 7) is 2.07. The zero-order chi connectivity index (χ0) is 15.8. The zero-order valence-electron chi connectivity index (χ0n) is 12.6. The van der Waals surface area contributed by atoms with Crippen LogP contribution in [0.3, 0.4) is 0 Å². The molecule has 0 amide bonds. The van der Waals surface area contributed by atoms with E-state index in [2.05, 4.69) is 41.2 Å². The number of fused-ring (bicyclic) bond motifs is 1. The average molecular weight is 301 g/mol. The van der Waals surface area contributed by atoms with Gasteiger partial charge >= 0.3 is 0 Å². The Hall–Kier alpha value is -3.21. The Labute approximate surface area is 133 Å². The lowest BCUT2D eigenvalue weighted by molar-refractivity contribution is 1.07. The standard InChI is InChI=1S/C18H15N5/c1-12-2-4-13(5-3-12)17-21-15-6-7-16(19)22-18(15)23(17)14-8-10-20-11-9-14/h2-11H,1H3,(H2,19,22). The van der Waals surface area contributed by atoms with Gasteiger partial charge in [-0.25, -0.2) is 9.97 Å². The molecule has 1 aromatic carbocycles. The van der Waals surface area contributed by atoms with Crippen molar-refractivity contribution in [2.75, 3.05) is 5.73 Å². The van der Waals surface area contributed by atoms with Gasteiger partial charge in [0, 0.05) is 18.0 Å². The molecule has 0 aliphatic heterocycles. The molecule has 5 heteroatoms. The Balaban J connectivity index is 2.05. The maximum Gasteiger partial charge on any atom is 0.167 e. The number of aromatic nitrogens is 4. The van der Waals surface area contributed by atoms with Gasteiger partial charge < -0.3 is 5.73 Å². The second kappa shape index (κ2) is 5.21. The van der Waals surface area contributed by atoms with Gasteiger partial charge in [0.05, 0.1) is 5.69 Å². The van der Waals surface area contributed by atoms with Crippen LogP contribution in [0.4, 0.5) is 5.82 Å². The number of nitrogens with zero attached hydrogens (tertiary/aromatic N) is 4. The Morgan fingerprint density at radius 2 is 1.61 bits per heavy atom. The number of imidazole rings is 1. The summed E-state index contributed by atoms with van der Waals surface area (Å²) >= 11 is 0. The number of pyridine rings is 2. The number of anilines is 1. The summed E-state index contributed by atoms with van der Waals surface area (Å²) in [7, 11) is 0. The van der Waals surface area contributed by atoms with E-state index in [1.165, 1.54) is 5.56 Å². The predicted octanol–water partition coefficient (Wildman–Crippen LogP) is 3.37. The lowest BCUT2D eigenvalue weighted by Gasteiger charge is -2.09. The number of nitrogens with two attached hydrogens (primary N) is 1. The molecule has 0 aliphatic carbocycles. The molecule has 0 bridgehead atoms. The van der Waals surface area contributed by atoms with E-state index in [-0.39, 0.29) is 0 Å². The van der Waals surface area contributed by atoms with E-state index in [9.17, 15) is 0 Å². The number of hydrogen-bond acceptors (Lipinski definition) is 4. The van der Waals surface area contributed by atoms with Crippen LogP contribution in [0.2, 0.25) is 0 Å². The van der Waals surface area contributed by atoms with Crippen LogP contribution in [-0.4, -0.2) is 19.5 Å². The van der Waals surface area contributed by atoms with Crippen molar-refractivity contribution in [3.63, 3.8) is 0 Å². The van der Waals surface area contributed by atoms with Crippen LogP contribution in [0.5, 0.6) is 0 Å². The zero-order valence-corrected chi connectivity index (χ0v) is 12.6. The minimum absolute atomic E-state index is 0.475. The van der Waals surface area contributed by atoms with E-state index < -0.39 is 0 Å². The molecule has 4 aromatic rings. The Bertz CT molecular complexity index is 972. The van der Waals surface area contributed by atoms with Crippen molar-refractivity contribution in [3.8, 4) is 17.1 Å². The summed E-state index contributed by atoms with van der Waals surface area (Å²) < 4.78 is 2.01. The van der Waals surface area contributed by atoms with Gasteiger partial charge in [-0.3, -0.25) is 9.55 Å². The monoisotopic (exact) mass is 301 g/mol.